The van der Waals surface area contributed by atoms with Crippen LogP contribution in [0.15, 0.2) is 34.7 Å². The summed E-state index contributed by atoms with van der Waals surface area (Å²) in [5, 5.41) is 6.96. The average Bonchev–Trinajstić information content (AvgIpc) is 2.67. The molecule has 1 aromatic heterocycles. The van der Waals surface area contributed by atoms with Crippen LogP contribution in [0.25, 0.3) is 0 Å². The number of thiazole rings is 1. The molecule has 0 radical (unpaired) electrons. The molecule has 0 amide bonds. The summed E-state index contributed by atoms with van der Waals surface area (Å²) in [7, 11) is 0. The van der Waals surface area contributed by atoms with Crippen molar-refractivity contribution < 1.29 is 0 Å². The van der Waals surface area contributed by atoms with E-state index in [4.69, 9.17) is 0 Å². The smallest absolute Gasteiger partial charge is 0.203 e. The van der Waals surface area contributed by atoms with Gasteiger partial charge in [-0.05, 0) is 35.6 Å². The second kappa shape index (κ2) is 5.40. The summed E-state index contributed by atoms with van der Waals surface area (Å²) in [6.07, 6.45) is 1.80. The van der Waals surface area contributed by atoms with E-state index in [1.54, 1.807) is 17.6 Å². The van der Waals surface area contributed by atoms with Gasteiger partial charge in [-0.2, -0.15) is 5.10 Å². The van der Waals surface area contributed by atoms with E-state index in [0.717, 1.165) is 16.4 Å². The van der Waals surface area contributed by atoms with Crippen LogP contribution in [0, 0.1) is 10.5 Å². The molecule has 82 valence electrons. The van der Waals surface area contributed by atoms with Gasteiger partial charge >= 0.3 is 0 Å². The Bertz CT molecular complexity index is 507. The summed E-state index contributed by atoms with van der Waals surface area (Å²) in [6, 6.07) is 8.09. The Hall–Kier alpha value is -0.950. The molecule has 0 bridgehead atoms. The standard InChI is InChI=1S/C11H10IN3S/c1-8-7-16-11(14-8)15-13-6-9-4-2-3-5-10(9)12/h2-7H,1H3,(H,14,15)/b13-6-. The van der Waals surface area contributed by atoms with Gasteiger partial charge in [0.05, 0.1) is 11.9 Å². The zero-order chi connectivity index (χ0) is 11.4. The van der Waals surface area contributed by atoms with E-state index in [-0.39, 0.29) is 0 Å². The summed E-state index contributed by atoms with van der Waals surface area (Å²) in [5.74, 6) is 0. The minimum atomic E-state index is 0.819. The zero-order valence-electron chi connectivity index (χ0n) is 8.64. The topological polar surface area (TPSA) is 37.3 Å². The predicted octanol–water partition coefficient (Wildman–Crippen LogP) is 3.50. The average molecular weight is 343 g/mol. The molecule has 16 heavy (non-hydrogen) atoms. The molecule has 0 unspecified atom stereocenters. The minimum Gasteiger partial charge on any atom is -0.253 e. The van der Waals surface area contributed by atoms with Crippen molar-refractivity contribution in [2.24, 2.45) is 5.10 Å². The quantitative estimate of drug-likeness (QED) is 0.526. The van der Waals surface area contributed by atoms with Crippen molar-refractivity contribution in [3.63, 3.8) is 0 Å². The minimum absolute atomic E-state index is 0.819. The number of nitrogens with one attached hydrogen (secondary N) is 1. The third kappa shape index (κ3) is 3.02. The maximum Gasteiger partial charge on any atom is 0.203 e. The molecular formula is C11H10IN3S. The first kappa shape index (κ1) is 11.5. The van der Waals surface area contributed by atoms with Crippen molar-refractivity contribution in [1.29, 1.82) is 0 Å². The van der Waals surface area contributed by atoms with Gasteiger partial charge in [-0.3, -0.25) is 5.43 Å². The Morgan fingerprint density at radius 3 is 2.94 bits per heavy atom. The summed E-state index contributed by atoms with van der Waals surface area (Å²) >= 11 is 3.84. The van der Waals surface area contributed by atoms with Crippen LogP contribution >= 0.6 is 33.9 Å². The highest BCUT2D eigenvalue weighted by Gasteiger charge is 1.96. The lowest BCUT2D eigenvalue weighted by Crippen LogP contribution is -1.91. The Morgan fingerprint density at radius 2 is 2.25 bits per heavy atom. The fourth-order valence-corrected chi connectivity index (χ4v) is 2.31. The van der Waals surface area contributed by atoms with E-state index in [1.165, 1.54) is 3.57 Å². The summed E-state index contributed by atoms with van der Waals surface area (Å²) in [6.45, 7) is 1.96. The van der Waals surface area contributed by atoms with Crippen LogP contribution in [-0.2, 0) is 0 Å². The third-order valence-electron chi connectivity index (χ3n) is 1.89. The summed E-state index contributed by atoms with van der Waals surface area (Å²) < 4.78 is 1.18. The van der Waals surface area contributed by atoms with Crippen LogP contribution in [0.2, 0.25) is 0 Å². The molecule has 0 aliphatic rings. The number of benzene rings is 1. The molecule has 0 saturated heterocycles. The molecular weight excluding hydrogens is 333 g/mol. The number of hydrazone groups is 1. The number of hydrogen-bond acceptors (Lipinski definition) is 4. The molecule has 1 N–H and O–H groups in total. The van der Waals surface area contributed by atoms with Gasteiger partial charge in [-0.1, -0.05) is 18.2 Å². The molecule has 0 saturated carbocycles. The van der Waals surface area contributed by atoms with Crippen molar-refractivity contribution >= 4 is 45.3 Å². The lowest BCUT2D eigenvalue weighted by Gasteiger charge is -1.96. The number of nitrogens with zero attached hydrogens (tertiary/aromatic N) is 2. The van der Waals surface area contributed by atoms with E-state index in [2.05, 4.69) is 44.2 Å². The monoisotopic (exact) mass is 343 g/mol. The number of halogens is 1. The van der Waals surface area contributed by atoms with E-state index in [9.17, 15) is 0 Å². The van der Waals surface area contributed by atoms with E-state index < -0.39 is 0 Å². The van der Waals surface area contributed by atoms with Crippen molar-refractivity contribution in [1.82, 2.24) is 4.98 Å². The van der Waals surface area contributed by atoms with Crippen molar-refractivity contribution in [3.8, 4) is 0 Å². The second-order valence-electron chi connectivity index (χ2n) is 3.19. The molecule has 2 rings (SSSR count). The maximum absolute atomic E-state index is 4.26. The van der Waals surface area contributed by atoms with Gasteiger partial charge in [0, 0.05) is 14.5 Å². The highest BCUT2D eigenvalue weighted by Crippen LogP contribution is 2.14. The highest BCUT2D eigenvalue weighted by atomic mass is 127. The first-order chi connectivity index (χ1) is 7.75. The normalized spacial score (nSPS) is 10.9. The van der Waals surface area contributed by atoms with Crippen LogP contribution in [-0.4, -0.2) is 11.2 Å². The molecule has 3 nitrogen and oxygen atoms in total. The molecule has 0 fully saturated rings. The van der Waals surface area contributed by atoms with Gasteiger partial charge in [0.25, 0.3) is 0 Å². The van der Waals surface area contributed by atoms with Crippen LogP contribution < -0.4 is 5.43 Å². The van der Waals surface area contributed by atoms with Crippen molar-refractivity contribution in [2.75, 3.05) is 5.43 Å². The Labute approximate surface area is 112 Å². The van der Waals surface area contributed by atoms with Gasteiger partial charge in [0.1, 0.15) is 0 Å². The Morgan fingerprint density at radius 1 is 1.44 bits per heavy atom. The summed E-state index contributed by atoms with van der Waals surface area (Å²) in [4.78, 5) is 4.26. The van der Waals surface area contributed by atoms with Crippen LogP contribution in [0.3, 0.4) is 0 Å². The molecule has 1 aromatic carbocycles. The van der Waals surface area contributed by atoms with Gasteiger partial charge in [-0.25, -0.2) is 4.98 Å². The number of aryl methyl sites for hydroxylation is 1. The summed E-state index contributed by atoms with van der Waals surface area (Å²) in [5.41, 5.74) is 5.03. The molecule has 0 atom stereocenters. The lowest BCUT2D eigenvalue weighted by molar-refractivity contribution is 1.22. The molecule has 1 heterocycles. The molecule has 5 heteroatoms. The molecule has 2 aromatic rings. The Balaban J connectivity index is 2.03. The highest BCUT2D eigenvalue weighted by molar-refractivity contribution is 14.1. The fourth-order valence-electron chi connectivity index (χ4n) is 1.14. The third-order valence-corrected chi connectivity index (χ3v) is 3.74. The molecule has 0 aliphatic heterocycles. The van der Waals surface area contributed by atoms with Gasteiger partial charge in [-0.15, -0.1) is 11.3 Å². The van der Waals surface area contributed by atoms with Gasteiger partial charge in [0.15, 0.2) is 0 Å². The number of hydrogen-bond donors (Lipinski definition) is 1. The fraction of sp³-hybridized carbons (Fsp3) is 0.0909. The van der Waals surface area contributed by atoms with Gasteiger partial charge < -0.3 is 0 Å². The van der Waals surface area contributed by atoms with E-state index in [1.807, 2.05) is 30.5 Å². The SMILES string of the molecule is Cc1csc(N/N=C\c2ccccc2I)n1. The first-order valence-corrected chi connectivity index (χ1v) is 6.67. The number of rotatable bonds is 3. The van der Waals surface area contributed by atoms with E-state index >= 15 is 0 Å². The zero-order valence-corrected chi connectivity index (χ0v) is 11.6. The Kier molecular flexibility index (Phi) is 3.89. The molecule has 0 spiro atoms. The number of aromatic nitrogens is 1. The van der Waals surface area contributed by atoms with Crippen LogP contribution in [0.1, 0.15) is 11.3 Å². The van der Waals surface area contributed by atoms with Crippen molar-refractivity contribution in [2.45, 2.75) is 6.92 Å². The maximum atomic E-state index is 4.26. The van der Waals surface area contributed by atoms with Crippen molar-refractivity contribution in [3.05, 3.63) is 44.5 Å². The van der Waals surface area contributed by atoms with Crippen LogP contribution in [0.5, 0.6) is 0 Å². The molecule has 0 aliphatic carbocycles. The lowest BCUT2D eigenvalue weighted by atomic mass is 10.2. The largest absolute Gasteiger partial charge is 0.253 e. The van der Waals surface area contributed by atoms with Crippen LogP contribution in [0.4, 0.5) is 5.13 Å². The first-order valence-electron chi connectivity index (χ1n) is 4.71. The second-order valence-corrected chi connectivity index (χ2v) is 5.21. The number of anilines is 1. The van der Waals surface area contributed by atoms with Gasteiger partial charge in [0.2, 0.25) is 5.13 Å². The predicted molar refractivity (Wildman–Crippen MR) is 77.2 cm³/mol. The van der Waals surface area contributed by atoms with E-state index in [0.29, 0.717) is 0 Å².